The predicted octanol–water partition coefficient (Wildman–Crippen LogP) is 2.20. The molecule has 1 N–H and O–H groups in total. The molecule has 2 aromatic rings. The smallest absolute Gasteiger partial charge is 0.246 e. The van der Waals surface area contributed by atoms with Gasteiger partial charge in [-0.3, -0.25) is 0 Å². The number of hydrogen-bond donors (Lipinski definition) is 1. The van der Waals surface area contributed by atoms with Gasteiger partial charge in [-0.15, -0.1) is 0 Å². The van der Waals surface area contributed by atoms with Crippen LogP contribution in [0, 0.1) is 0 Å². The Hall–Kier alpha value is -1.88. The molecule has 0 bridgehead atoms. The summed E-state index contributed by atoms with van der Waals surface area (Å²) < 4.78 is 10.4. The third-order valence-electron chi connectivity index (χ3n) is 2.93. The summed E-state index contributed by atoms with van der Waals surface area (Å²) in [5.41, 5.74) is 0.565. The largest absolute Gasteiger partial charge is 0.497 e. The molecule has 1 aromatic carbocycles. The van der Waals surface area contributed by atoms with Gasteiger partial charge in [0.2, 0.25) is 11.7 Å². The van der Waals surface area contributed by atoms with Crippen molar-refractivity contribution >= 4 is 0 Å². The third-order valence-corrected chi connectivity index (χ3v) is 2.93. The van der Waals surface area contributed by atoms with Crippen LogP contribution in [0.1, 0.15) is 19.7 Å². The van der Waals surface area contributed by atoms with Gasteiger partial charge < -0.3 is 14.6 Å². The van der Waals surface area contributed by atoms with Crippen LogP contribution < -0.4 is 10.1 Å². The Kier molecular flexibility index (Phi) is 3.34. The van der Waals surface area contributed by atoms with Crippen LogP contribution in [-0.2, 0) is 5.54 Å². The maximum Gasteiger partial charge on any atom is 0.246 e. The van der Waals surface area contributed by atoms with Gasteiger partial charge in [0.15, 0.2) is 0 Å². The van der Waals surface area contributed by atoms with Crippen molar-refractivity contribution in [1.29, 1.82) is 0 Å². The van der Waals surface area contributed by atoms with E-state index in [0.29, 0.717) is 11.7 Å². The summed E-state index contributed by atoms with van der Waals surface area (Å²) >= 11 is 0. The Morgan fingerprint density at radius 1 is 1.22 bits per heavy atom. The van der Waals surface area contributed by atoms with Gasteiger partial charge in [-0.25, -0.2) is 0 Å². The molecule has 0 aliphatic heterocycles. The maximum absolute atomic E-state index is 5.28. The van der Waals surface area contributed by atoms with E-state index in [2.05, 4.69) is 15.5 Å². The topological polar surface area (TPSA) is 60.2 Å². The highest BCUT2D eigenvalue weighted by molar-refractivity contribution is 5.55. The molecular weight excluding hydrogens is 230 g/mol. The highest BCUT2D eigenvalue weighted by Crippen LogP contribution is 2.23. The van der Waals surface area contributed by atoms with Gasteiger partial charge in [0.1, 0.15) is 5.75 Å². The Bertz CT molecular complexity index is 517. The zero-order chi connectivity index (χ0) is 13.2. The summed E-state index contributed by atoms with van der Waals surface area (Å²) in [4.78, 5) is 4.40. The molecule has 5 nitrogen and oxygen atoms in total. The molecule has 0 radical (unpaired) electrons. The van der Waals surface area contributed by atoms with E-state index in [-0.39, 0.29) is 5.54 Å². The minimum Gasteiger partial charge on any atom is -0.497 e. The lowest BCUT2D eigenvalue weighted by molar-refractivity contribution is 0.281. The van der Waals surface area contributed by atoms with Gasteiger partial charge >= 0.3 is 0 Å². The predicted molar refractivity (Wildman–Crippen MR) is 68.4 cm³/mol. The fourth-order valence-corrected chi connectivity index (χ4v) is 1.44. The molecule has 0 spiro atoms. The van der Waals surface area contributed by atoms with Crippen molar-refractivity contribution in [2.45, 2.75) is 19.4 Å². The fourth-order valence-electron chi connectivity index (χ4n) is 1.44. The molecule has 0 atom stereocenters. The fraction of sp³-hybridized carbons (Fsp3) is 0.385. The Labute approximate surface area is 106 Å². The number of benzene rings is 1. The Morgan fingerprint density at radius 3 is 2.44 bits per heavy atom. The zero-order valence-corrected chi connectivity index (χ0v) is 11.0. The monoisotopic (exact) mass is 247 g/mol. The lowest BCUT2D eigenvalue weighted by atomic mass is 10.1. The molecule has 0 amide bonds. The van der Waals surface area contributed by atoms with Gasteiger partial charge in [0.25, 0.3) is 0 Å². The summed E-state index contributed by atoms with van der Waals surface area (Å²) in [6.45, 7) is 3.97. The molecule has 5 heteroatoms. The maximum atomic E-state index is 5.28. The number of ether oxygens (including phenoxy) is 1. The first-order chi connectivity index (χ1) is 8.56. The minimum atomic E-state index is -0.336. The van der Waals surface area contributed by atoms with Crippen molar-refractivity contribution in [3.8, 4) is 17.1 Å². The van der Waals surface area contributed by atoms with Crippen LogP contribution in [0.2, 0.25) is 0 Å². The number of methoxy groups -OCH3 is 1. The SMILES string of the molecule is CNC(C)(C)c1nc(-c2ccc(OC)cc2)no1. The van der Waals surface area contributed by atoms with Gasteiger partial charge in [-0.1, -0.05) is 5.16 Å². The molecule has 1 heterocycles. The molecule has 0 saturated heterocycles. The van der Waals surface area contributed by atoms with Crippen LogP contribution in [0.25, 0.3) is 11.4 Å². The number of aromatic nitrogens is 2. The van der Waals surface area contributed by atoms with Crippen molar-refractivity contribution in [3.63, 3.8) is 0 Å². The van der Waals surface area contributed by atoms with E-state index < -0.39 is 0 Å². The second-order valence-electron chi connectivity index (χ2n) is 4.53. The number of hydrogen-bond acceptors (Lipinski definition) is 5. The van der Waals surface area contributed by atoms with E-state index in [1.165, 1.54) is 0 Å². The first-order valence-electron chi connectivity index (χ1n) is 5.74. The van der Waals surface area contributed by atoms with Crippen LogP contribution in [0.3, 0.4) is 0 Å². The van der Waals surface area contributed by atoms with Crippen LogP contribution in [0.15, 0.2) is 28.8 Å². The highest BCUT2D eigenvalue weighted by Gasteiger charge is 2.25. The Balaban J connectivity index is 2.29. The second kappa shape index (κ2) is 4.78. The molecule has 0 unspecified atom stereocenters. The normalized spacial score (nSPS) is 11.6. The molecule has 0 aliphatic carbocycles. The molecule has 0 fully saturated rings. The van der Waals surface area contributed by atoms with Crippen LogP contribution in [-0.4, -0.2) is 24.3 Å². The van der Waals surface area contributed by atoms with Gasteiger partial charge in [0.05, 0.1) is 12.6 Å². The van der Waals surface area contributed by atoms with Crippen molar-refractivity contribution < 1.29 is 9.26 Å². The van der Waals surface area contributed by atoms with E-state index >= 15 is 0 Å². The Morgan fingerprint density at radius 2 is 1.89 bits per heavy atom. The van der Waals surface area contributed by atoms with E-state index in [4.69, 9.17) is 9.26 Å². The minimum absolute atomic E-state index is 0.336. The first-order valence-corrected chi connectivity index (χ1v) is 5.74. The standard InChI is InChI=1S/C13H17N3O2/c1-13(2,14-3)12-15-11(16-18-12)9-5-7-10(17-4)8-6-9/h5-8,14H,1-4H3. The highest BCUT2D eigenvalue weighted by atomic mass is 16.5. The number of nitrogens with one attached hydrogen (secondary N) is 1. The summed E-state index contributed by atoms with van der Waals surface area (Å²) in [7, 11) is 3.49. The molecule has 0 saturated carbocycles. The molecule has 1 aromatic heterocycles. The second-order valence-corrected chi connectivity index (χ2v) is 4.53. The first kappa shape index (κ1) is 12.6. The molecule has 0 aliphatic rings. The molecular formula is C13H17N3O2. The summed E-state index contributed by atoms with van der Waals surface area (Å²) in [6.07, 6.45) is 0. The van der Waals surface area contributed by atoms with Crippen LogP contribution >= 0.6 is 0 Å². The summed E-state index contributed by atoms with van der Waals surface area (Å²) in [5, 5.41) is 7.11. The van der Waals surface area contributed by atoms with E-state index in [1.54, 1.807) is 7.11 Å². The zero-order valence-electron chi connectivity index (χ0n) is 11.0. The lowest BCUT2D eigenvalue weighted by Gasteiger charge is -2.17. The molecule has 18 heavy (non-hydrogen) atoms. The van der Waals surface area contributed by atoms with Crippen molar-refractivity contribution in [2.75, 3.05) is 14.2 Å². The number of nitrogens with zero attached hydrogens (tertiary/aromatic N) is 2. The van der Waals surface area contributed by atoms with Crippen molar-refractivity contribution in [2.24, 2.45) is 0 Å². The van der Waals surface area contributed by atoms with Gasteiger partial charge in [-0.2, -0.15) is 4.98 Å². The molecule has 96 valence electrons. The molecule has 2 rings (SSSR count). The van der Waals surface area contributed by atoms with Crippen LogP contribution in [0.5, 0.6) is 5.75 Å². The summed E-state index contributed by atoms with van der Waals surface area (Å²) in [6, 6.07) is 7.54. The van der Waals surface area contributed by atoms with E-state index in [0.717, 1.165) is 11.3 Å². The van der Waals surface area contributed by atoms with E-state index in [1.807, 2.05) is 45.2 Å². The lowest BCUT2D eigenvalue weighted by Crippen LogP contribution is -2.33. The average Bonchev–Trinajstić information content (AvgIpc) is 2.89. The number of rotatable bonds is 4. The summed E-state index contributed by atoms with van der Waals surface area (Å²) in [5.74, 6) is 1.95. The average molecular weight is 247 g/mol. The van der Waals surface area contributed by atoms with Crippen molar-refractivity contribution in [1.82, 2.24) is 15.5 Å². The quantitative estimate of drug-likeness (QED) is 0.897. The van der Waals surface area contributed by atoms with E-state index in [9.17, 15) is 0 Å². The third kappa shape index (κ3) is 2.36. The van der Waals surface area contributed by atoms with Gasteiger partial charge in [-0.05, 0) is 45.2 Å². The van der Waals surface area contributed by atoms with Crippen LogP contribution in [0.4, 0.5) is 0 Å². The van der Waals surface area contributed by atoms with Crippen molar-refractivity contribution in [3.05, 3.63) is 30.2 Å². The van der Waals surface area contributed by atoms with Gasteiger partial charge in [0, 0.05) is 5.56 Å².